The van der Waals surface area contributed by atoms with Crippen molar-refractivity contribution in [1.82, 2.24) is 0 Å². The predicted molar refractivity (Wildman–Crippen MR) is 182 cm³/mol. The van der Waals surface area contributed by atoms with Crippen molar-refractivity contribution in [3.63, 3.8) is 0 Å². The molecule has 0 atom stereocenters. The van der Waals surface area contributed by atoms with E-state index in [-0.39, 0.29) is 22.3 Å². The summed E-state index contributed by atoms with van der Waals surface area (Å²) in [4.78, 5) is 1.48. The van der Waals surface area contributed by atoms with Crippen molar-refractivity contribution in [1.29, 1.82) is 0 Å². The Labute approximate surface area is 245 Å². The largest absolute Gasteiger partial charge is 0.461 e. The Kier molecular flexibility index (Phi) is 13.7. The molecule has 0 spiro atoms. The Morgan fingerprint density at radius 1 is 0.590 bits per heavy atom. The fourth-order valence-corrected chi connectivity index (χ4v) is 6.21. The van der Waals surface area contributed by atoms with Gasteiger partial charge in [-0.2, -0.15) is 0 Å². The van der Waals surface area contributed by atoms with Gasteiger partial charge < -0.3 is 4.42 Å². The smallest absolute Gasteiger partial charge is 0.134 e. The highest BCUT2D eigenvalue weighted by Gasteiger charge is 2.06. The molecule has 3 heterocycles. The van der Waals surface area contributed by atoms with Crippen molar-refractivity contribution >= 4 is 53.8 Å². The first-order valence-corrected chi connectivity index (χ1v) is 14.5. The molecule has 3 heteroatoms. The van der Waals surface area contributed by atoms with Gasteiger partial charge in [0.1, 0.15) is 11.3 Å². The fraction of sp³-hybridized carbons (Fsp3) is 0.333. The quantitative estimate of drug-likeness (QED) is 0.210. The molecule has 0 unspecified atom stereocenters. The van der Waals surface area contributed by atoms with E-state index in [1.807, 2.05) is 40.9 Å². The van der Waals surface area contributed by atoms with Crippen LogP contribution in [0, 0.1) is 0 Å². The van der Waals surface area contributed by atoms with Gasteiger partial charge in [0.25, 0.3) is 0 Å². The van der Waals surface area contributed by atoms with E-state index in [1.54, 1.807) is 0 Å². The summed E-state index contributed by atoms with van der Waals surface area (Å²) in [5.74, 6) is 2.83. The molecule has 39 heavy (non-hydrogen) atoms. The summed E-state index contributed by atoms with van der Waals surface area (Å²) < 4.78 is 8.44. The van der Waals surface area contributed by atoms with E-state index in [0.29, 0.717) is 17.8 Å². The fourth-order valence-electron chi connectivity index (χ4n) is 4.02. The number of hydrogen-bond acceptors (Lipinski definition) is 3. The van der Waals surface area contributed by atoms with Gasteiger partial charge >= 0.3 is 0 Å². The first kappa shape index (κ1) is 34.1. The molecule has 0 fully saturated rings. The Bertz CT molecular complexity index is 1370. The van der Waals surface area contributed by atoms with Crippen molar-refractivity contribution in [2.24, 2.45) is 0 Å². The van der Waals surface area contributed by atoms with Gasteiger partial charge in [0.05, 0.1) is 0 Å². The van der Waals surface area contributed by atoms with Crippen LogP contribution in [0.25, 0.3) is 31.1 Å². The van der Waals surface area contributed by atoms with E-state index in [9.17, 15) is 0 Å². The predicted octanol–water partition coefficient (Wildman–Crippen LogP) is 13.5. The molecule has 0 aliphatic carbocycles. The Balaban J connectivity index is 0.000000282. The van der Waals surface area contributed by atoms with Gasteiger partial charge in [-0.3, -0.25) is 0 Å². The average Bonchev–Trinajstić information content (AvgIpc) is 3.61. The minimum atomic E-state index is 0. The van der Waals surface area contributed by atoms with Gasteiger partial charge in [-0.15, -0.1) is 22.7 Å². The second-order valence-corrected chi connectivity index (χ2v) is 12.1. The SMILES string of the molecule is C.C.C.CC(C)c1cc2ccccc2o1.CC(C)c1cc2ccccc2s1.CC(C)c1csc2ccccc12. The zero-order chi connectivity index (χ0) is 25.7. The molecule has 1 nitrogen and oxygen atoms in total. The molecule has 0 aliphatic rings. The lowest BCUT2D eigenvalue weighted by Crippen LogP contribution is -1.82. The standard InChI is InChI=1S/C11H12O.2C11H12S.3CH4/c1-8(2)11-7-9-5-3-4-6-10(9)12-11;1-8(2)10-7-12-11-6-4-3-5-9(10)11;1-8(2)11-7-9-5-3-4-6-10(9)12-11;;;/h3*3-8H,1-2H3;3*1H4. The van der Waals surface area contributed by atoms with Crippen LogP contribution in [0.1, 0.15) is 97.8 Å². The Morgan fingerprint density at radius 3 is 1.77 bits per heavy atom. The van der Waals surface area contributed by atoms with Crippen LogP contribution >= 0.6 is 22.7 Å². The molecule has 0 bridgehead atoms. The van der Waals surface area contributed by atoms with Gasteiger partial charge in [-0.25, -0.2) is 0 Å². The first-order chi connectivity index (χ1) is 17.3. The van der Waals surface area contributed by atoms with Crippen molar-refractivity contribution in [3.8, 4) is 0 Å². The zero-order valence-corrected chi connectivity index (χ0v) is 23.8. The van der Waals surface area contributed by atoms with Crippen LogP contribution in [0.15, 0.2) is 94.7 Å². The highest BCUT2D eigenvalue weighted by Crippen LogP contribution is 2.31. The molecule has 0 saturated carbocycles. The zero-order valence-electron chi connectivity index (χ0n) is 22.1. The van der Waals surface area contributed by atoms with E-state index >= 15 is 0 Å². The topological polar surface area (TPSA) is 13.1 Å². The summed E-state index contributed by atoms with van der Waals surface area (Å²) in [5.41, 5.74) is 2.47. The van der Waals surface area contributed by atoms with Crippen molar-refractivity contribution in [2.45, 2.75) is 81.6 Å². The van der Waals surface area contributed by atoms with Gasteiger partial charge in [0.15, 0.2) is 0 Å². The van der Waals surface area contributed by atoms with Gasteiger partial charge in [0.2, 0.25) is 0 Å². The van der Waals surface area contributed by atoms with E-state index in [2.05, 4.69) is 114 Å². The number of hydrogen-bond donors (Lipinski definition) is 0. The summed E-state index contributed by atoms with van der Waals surface area (Å²) in [6, 6.07) is 29.7. The lowest BCUT2D eigenvalue weighted by Gasteiger charge is -2.01. The molecule has 3 aromatic carbocycles. The molecule has 0 aliphatic heterocycles. The van der Waals surface area contributed by atoms with Crippen LogP contribution in [0.3, 0.4) is 0 Å². The minimum absolute atomic E-state index is 0. The molecule has 3 aromatic heterocycles. The molecule has 6 rings (SSSR count). The number of benzene rings is 3. The number of thiophene rings is 2. The molecule has 6 aromatic rings. The maximum Gasteiger partial charge on any atom is 0.134 e. The maximum absolute atomic E-state index is 5.63. The number of furan rings is 1. The van der Waals surface area contributed by atoms with Crippen LogP contribution in [0.4, 0.5) is 0 Å². The molecule has 0 saturated heterocycles. The highest BCUT2D eigenvalue weighted by molar-refractivity contribution is 7.19. The van der Waals surface area contributed by atoms with E-state index in [4.69, 9.17) is 4.42 Å². The maximum atomic E-state index is 5.63. The second kappa shape index (κ2) is 15.6. The van der Waals surface area contributed by atoms with Crippen molar-refractivity contribution in [3.05, 3.63) is 107 Å². The molecular formula is C36H48OS2. The second-order valence-electron chi connectivity index (χ2n) is 10.0. The summed E-state index contributed by atoms with van der Waals surface area (Å²) in [5, 5.41) is 6.28. The third-order valence-electron chi connectivity index (χ3n) is 6.16. The summed E-state index contributed by atoms with van der Waals surface area (Å²) in [7, 11) is 0. The summed E-state index contributed by atoms with van der Waals surface area (Å²) in [6.45, 7) is 13.2. The van der Waals surface area contributed by atoms with E-state index < -0.39 is 0 Å². The normalized spacial score (nSPS) is 10.4. The Morgan fingerprint density at radius 2 is 1.18 bits per heavy atom. The summed E-state index contributed by atoms with van der Waals surface area (Å²) >= 11 is 3.75. The van der Waals surface area contributed by atoms with E-state index in [1.165, 1.54) is 36.0 Å². The van der Waals surface area contributed by atoms with Crippen LogP contribution < -0.4 is 0 Å². The van der Waals surface area contributed by atoms with Gasteiger partial charge in [0, 0.05) is 25.6 Å². The molecule has 0 amide bonds. The third kappa shape index (κ3) is 8.55. The molecule has 0 radical (unpaired) electrons. The Hall–Kier alpha value is -2.88. The number of rotatable bonds is 3. The third-order valence-corrected chi connectivity index (χ3v) is 8.56. The lowest BCUT2D eigenvalue weighted by molar-refractivity contribution is 0.522. The average molecular weight is 561 g/mol. The minimum Gasteiger partial charge on any atom is -0.461 e. The van der Waals surface area contributed by atoms with Crippen molar-refractivity contribution < 1.29 is 4.42 Å². The highest BCUT2D eigenvalue weighted by atomic mass is 32.1. The van der Waals surface area contributed by atoms with Crippen LogP contribution in [0.5, 0.6) is 0 Å². The van der Waals surface area contributed by atoms with E-state index in [0.717, 1.165) is 11.3 Å². The monoisotopic (exact) mass is 560 g/mol. The first-order valence-electron chi connectivity index (χ1n) is 12.8. The van der Waals surface area contributed by atoms with Gasteiger partial charge in [-0.1, -0.05) is 118 Å². The summed E-state index contributed by atoms with van der Waals surface area (Å²) in [6.07, 6.45) is 0. The van der Waals surface area contributed by atoms with Gasteiger partial charge in [-0.05, 0) is 63.9 Å². The number of fused-ring (bicyclic) bond motifs is 3. The molecular weight excluding hydrogens is 513 g/mol. The molecule has 0 N–H and O–H groups in total. The van der Waals surface area contributed by atoms with Crippen molar-refractivity contribution in [2.75, 3.05) is 0 Å². The lowest BCUT2D eigenvalue weighted by atomic mass is 10.0. The van der Waals surface area contributed by atoms with Crippen LogP contribution in [0.2, 0.25) is 0 Å². The van der Waals surface area contributed by atoms with Crippen LogP contribution in [-0.2, 0) is 0 Å². The number of para-hydroxylation sites is 1. The molecule has 210 valence electrons. The van der Waals surface area contributed by atoms with Crippen LogP contribution in [-0.4, -0.2) is 0 Å².